The Morgan fingerprint density at radius 1 is 1.30 bits per heavy atom. The molecule has 1 aliphatic rings. The molecule has 1 aliphatic carbocycles. The molecule has 0 N–H and O–H groups in total. The first-order valence-electron chi connectivity index (χ1n) is 8.20. The lowest BCUT2D eigenvalue weighted by atomic mass is 9.94. The summed E-state index contributed by atoms with van der Waals surface area (Å²) >= 11 is 0. The smallest absolute Gasteiger partial charge is 0.260 e. The van der Waals surface area contributed by atoms with Gasteiger partial charge in [0.2, 0.25) is 0 Å². The molecule has 1 saturated carbocycles. The van der Waals surface area contributed by atoms with Crippen molar-refractivity contribution in [3.8, 4) is 17.6 Å². The van der Waals surface area contributed by atoms with E-state index in [0.717, 1.165) is 12.8 Å². The lowest BCUT2D eigenvalue weighted by molar-refractivity contribution is -0.136. The highest BCUT2D eigenvalue weighted by Crippen LogP contribution is 2.28. The van der Waals surface area contributed by atoms with Crippen molar-refractivity contribution in [3.05, 3.63) is 23.8 Å². The summed E-state index contributed by atoms with van der Waals surface area (Å²) in [6.45, 7) is 2.71. The average Bonchev–Trinajstić information content (AvgIpc) is 2.61. The van der Waals surface area contributed by atoms with Gasteiger partial charge in [-0.15, -0.1) is 0 Å². The highest BCUT2D eigenvalue weighted by molar-refractivity contribution is 5.78. The minimum Gasteiger partial charge on any atom is -0.493 e. The first-order chi connectivity index (χ1) is 11.2. The van der Waals surface area contributed by atoms with Gasteiger partial charge in [0.1, 0.15) is 0 Å². The van der Waals surface area contributed by atoms with E-state index < -0.39 is 0 Å². The highest BCUT2D eigenvalue weighted by Gasteiger charge is 2.24. The number of amides is 1. The molecule has 0 bridgehead atoms. The number of hydrogen-bond donors (Lipinski definition) is 0. The van der Waals surface area contributed by atoms with E-state index in [9.17, 15) is 4.79 Å². The molecule has 0 aliphatic heterocycles. The number of methoxy groups -OCH3 is 1. The molecule has 5 nitrogen and oxygen atoms in total. The third kappa shape index (κ3) is 4.38. The molecular weight excluding hydrogens is 292 g/mol. The van der Waals surface area contributed by atoms with Gasteiger partial charge in [-0.25, -0.2) is 0 Å². The van der Waals surface area contributed by atoms with Gasteiger partial charge in [-0.05, 0) is 31.9 Å². The molecular formula is C18H24N2O3. The Morgan fingerprint density at radius 2 is 2.04 bits per heavy atom. The molecule has 0 saturated heterocycles. The third-order valence-electron chi connectivity index (χ3n) is 4.32. The highest BCUT2D eigenvalue weighted by atomic mass is 16.5. The fraction of sp³-hybridized carbons (Fsp3) is 0.556. The molecule has 0 spiro atoms. The minimum absolute atomic E-state index is 0.00538. The van der Waals surface area contributed by atoms with Crippen LogP contribution in [0.5, 0.6) is 11.5 Å². The number of nitriles is 1. The van der Waals surface area contributed by atoms with Crippen LogP contribution in [-0.2, 0) is 4.79 Å². The summed E-state index contributed by atoms with van der Waals surface area (Å²) in [7, 11) is 1.52. The normalized spacial score (nSPS) is 14.8. The van der Waals surface area contributed by atoms with Crippen molar-refractivity contribution < 1.29 is 14.3 Å². The second-order valence-electron chi connectivity index (χ2n) is 5.74. The van der Waals surface area contributed by atoms with Crippen molar-refractivity contribution in [2.24, 2.45) is 0 Å². The molecule has 0 atom stereocenters. The van der Waals surface area contributed by atoms with Crippen molar-refractivity contribution in [1.29, 1.82) is 5.26 Å². The lowest BCUT2D eigenvalue weighted by Crippen LogP contribution is -2.43. The summed E-state index contributed by atoms with van der Waals surface area (Å²) in [5.41, 5.74) is 0.498. The Kier molecular flexibility index (Phi) is 6.28. The average molecular weight is 316 g/mol. The number of hydrogen-bond acceptors (Lipinski definition) is 4. The molecule has 1 fully saturated rings. The van der Waals surface area contributed by atoms with Crippen molar-refractivity contribution in [2.45, 2.75) is 45.1 Å². The SMILES string of the molecule is CCN(C(=O)COc1ccc(C#N)cc1OC)C1CCCCC1. The fourth-order valence-electron chi connectivity index (χ4n) is 3.11. The van der Waals surface area contributed by atoms with Gasteiger partial charge in [0.05, 0.1) is 18.7 Å². The van der Waals surface area contributed by atoms with Gasteiger partial charge in [0, 0.05) is 18.7 Å². The Balaban J connectivity index is 1.98. The first-order valence-corrected chi connectivity index (χ1v) is 8.20. The summed E-state index contributed by atoms with van der Waals surface area (Å²) in [6.07, 6.45) is 5.82. The van der Waals surface area contributed by atoms with Crippen LogP contribution in [0.15, 0.2) is 18.2 Å². The van der Waals surface area contributed by atoms with Crippen molar-refractivity contribution >= 4 is 5.91 Å². The minimum atomic E-state index is -0.00734. The fourth-order valence-corrected chi connectivity index (χ4v) is 3.11. The molecule has 1 aromatic rings. The Bertz CT molecular complexity index is 574. The lowest BCUT2D eigenvalue weighted by Gasteiger charge is -2.33. The molecule has 1 amide bonds. The van der Waals surface area contributed by atoms with Gasteiger partial charge in [-0.1, -0.05) is 19.3 Å². The quantitative estimate of drug-likeness (QED) is 0.809. The summed E-state index contributed by atoms with van der Waals surface area (Å²) in [6, 6.07) is 7.33. The molecule has 0 radical (unpaired) electrons. The maximum absolute atomic E-state index is 12.5. The predicted octanol–water partition coefficient (Wildman–Crippen LogP) is 3.13. The van der Waals surface area contributed by atoms with E-state index >= 15 is 0 Å². The van der Waals surface area contributed by atoms with Crippen LogP contribution in [0.1, 0.15) is 44.6 Å². The topological polar surface area (TPSA) is 62.6 Å². The molecule has 0 aromatic heterocycles. The Hall–Kier alpha value is -2.22. The summed E-state index contributed by atoms with van der Waals surface area (Å²) < 4.78 is 10.9. The standard InChI is InChI=1S/C18H24N2O3/c1-3-20(15-7-5-4-6-8-15)18(21)13-23-16-10-9-14(12-19)11-17(16)22-2/h9-11,15H,3-8,13H2,1-2H3. The maximum Gasteiger partial charge on any atom is 0.260 e. The van der Waals surface area contributed by atoms with E-state index in [1.807, 2.05) is 11.8 Å². The molecule has 0 unspecified atom stereocenters. The Labute approximate surface area is 137 Å². The van der Waals surface area contributed by atoms with Crippen LogP contribution in [-0.4, -0.2) is 37.1 Å². The van der Waals surface area contributed by atoms with Crippen molar-refractivity contribution in [1.82, 2.24) is 4.90 Å². The zero-order valence-electron chi connectivity index (χ0n) is 13.9. The molecule has 2 rings (SSSR count). The van der Waals surface area contributed by atoms with E-state index in [-0.39, 0.29) is 12.5 Å². The largest absolute Gasteiger partial charge is 0.493 e. The van der Waals surface area contributed by atoms with Crippen LogP contribution >= 0.6 is 0 Å². The number of nitrogens with zero attached hydrogens (tertiary/aromatic N) is 2. The zero-order valence-corrected chi connectivity index (χ0v) is 13.9. The summed E-state index contributed by atoms with van der Waals surface area (Å²) in [5.74, 6) is 0.961. The van der Waals surface area contributed by atoms with Crippen LogP contribution in [0.3, 0.4) is 0 Å². The summed E-state index contributed by atoms with van der Waals surface area (Å²) in [5, 5.41) is 8.91. The molecule has 124 valence electrons. The van der Waals surface area contributed by atoms with Gasteiger partial charge < -0.3 is 14.4 Å². The number of benzene rings is 1. The van der Waals surface area contributed by atoms with Gasteiger partial charge >= 0.3 is 0 Å². The third-order valence-corrected chi connectivity index (χ3v) is 4.32. The van der Waals surface area contributed by atoms with Crippen LogP contribution in [0.2, 0.25) is 0 Å². The van der Waals surface area contributed by atoms with Gasteiger partial charge in [-0.3, -0.25) is 4.79 Å². The first kappa shape index (κ1) is 17.1. The van der Waals surface area contributed by atoms with Gasteiger partial charge in [0.15, 0.2) is 18.1 Å². The van der Waals surface area contributed by atoms with Crippen LogP contribution in [0.25, 0.3) is 0 Å². The number of rotatable bonds is 6. The molecule has 1 aromatic carbocycles. The van der Waals surface area contributed by atoms with Crippen LogP contribution in [0, 0.1) is 11.3 Å². The number of ether oxygens (including phenoxy) is 2. The van der Waals surface area contributed by atoms with Crippen LogP contribution in [0.4, 0.5) is 0 Å². The predicted molar refractivity (Wildman–Crippen MR) is 87.5 cm³/mol. The van der Waals surface area contributed by atoms with Gasteiger partial charge in [0.25, 0.3) is 5.91 Å². The van der Waals surface area contributed by atoms with Crippen LogP contribution < -0.4 is 9.47 Å². The second-order valence-corrected chi connectivity index (χ2v) is 5.74. The summed E-state index contributed by atoms with van der Waals surface area (Å²) in [4.78, 5) is 14.4. The number of likely N-dealkylation sites (N-methyl/N-ethyl adjacent to an activating group) is 1. The Morgan fingerprint density at radius 3 is 2.65 bits per heavy atom. The monoisotopic (exact) mass is 316 g/mol. The van der Waals surface area contributed by atoms with E-state index in [1.165, 1.54) is 26.4 Å². The van der Waals surface area contributed by atoms with E-state index in [0.29, 0.717) is 29.6 Å². The second kappa shape index (κ2) is 8.42. The van der Waals surface area contributed by atoms with E-state index in [4.69, 9.17) is 14.7 Å². The molecule has 5 heteroatoms. The van der Waals surface area contributed by atoms with Gasteiger partial charge in [-0.2, -0.15) is 5.26 Å². The van der Waals surface area contributed by atoms with E-state index in [2.05, 4.69) is 6.07 Å². The van der Waals surface area contributed by atoms with E-state index in [1.54, 1.807) is 18.2 Å². The molecule has 23 heavy (non-hydrogen) atoms. The maximum atomic E-state index is 12.5. The van der Waals surface area contributed by atoms with Crippen molar-refractivity contribution in [2.75, 3.05) is 20.3 Å². The number of carbonyl (C=O) groups excluding carboxylic acids is 1. The van der Waals surface area contributed by atoms with Crippen molar-refractivity contribution in [3.63, 3.8) is 0 Å². The molecule has 0 heterocycles. The number of carbonyl (C=O) groups is 1. The zero-order chi connectivity index (χ0) is 16.7.